The first kappa shape index (κ1) is 25.4. The molecule has 2 aromatic rings. The zero-order valence-electron chi connectivity index (χ0n) is 18.0. The molecule has 0 saturated carbocycles. The highest BCUT2D eigenvalue weighted by atomic mass is 32.2. The van der Waals surface area contributed by atoms with E-state index >= 15 is 0 Å². The Hall–Kier alpha value is -2.83. The summed E-state index contributed by atoms with van der Waals surface area (Å²) < 4.78 is 26.9. The first-order valence-corrected chi connectivity index (χ1v) is 12.1. The van der Waals surface area contributed by atoms with Gasteiger partial charge in [-0.1, -0.05) is 23.9 Å². The van der Waals surface area contributed by atoms with Gasteiger partial charge in [-0.15, -0.1) is 0 Å². The third-order valence-corrected chi connectivity index (χ3v) is 6.41. The lowest BCUT2D eigenvalue weighted by Gasteiger charge is -2.07. The Balaban J connectivity index is 1.89. The molecule has 0 aliphatic heterocycles. The monoisotopic (exact) mass is 479 g/mol. The molecule has 1 heterocycles. The third kappa shape index (κ3) is 8.36. The number of hydrogen-bond acceptors (Lipinski definition) is 8. The number of rotatable bonds is 11. The SMILES string of the molecule is CC(=NNC(=O)CSc1nc(C)cc(C)n1)c1ccc(S(=O)(=O)NCCCC(=O)O)cc1. The normalized spacial score (nSPS) is 11.9. The molecule has 0 fully saturated rings. The molecule has 12 heteroatoms. The molecule has 172 valence electrons. The van der Waals surface area contributed by atoms with Crippen molar-refractivity contribution in [3.05, 3.63) is 47.3 Å². The van der Waals surface area contributed by atoms with Crippen LogP contribution in [0.3, 0.4) is 0 Å². The number of aliphatic carboxylic acids is 1. The van der Waals surface area contributed by atoms with E-state index in [0.717, 1.165) is 11.4 Å². The van der Waals surface area contributed by atoms with Crippen molar-refractivity contribution in [2.45, 2.75) is 43.7 Å². The molecule has 1 aromatic carbocycles. The molecule has 0 bridgehead atoms. The topological polar surface area (TPSA) is 151 Å². The summed E-state index contributed by atoms with van der Waals surface area (Å²) in [6, 6.07) is 7.85. The molecule has 10 nitrogen and oxygen atoms in total. The lowest BCUT2D eigenvalue weighted by Crippen LogP contribution is -2.25. The van der Waals surface area contributed by atoms with Gasteiger partial charge in [0.25, 0.3) is 5.91 Å². The van der Waals surface area contributed by atoms with E-state index in [9.17, 15) is 18.0 Å². The first-order valence-electron chi connectivity index (χ1n) is 9.67. The Labute approximate surface area is 191 Å². The van der Waals surface area contributed by atoms with Crippen LogP contribution in [-0.4, -0.2) is 53.4 Å². The minimum absolute atomic E-state index is 0.0358. The molecule has 32 heavy (non-hydrogen) atoms. The number of carbonyl (C=O) groups is 2. The number of carboxylic acids is 1. The molecule has 0 aliphatic carbocycles. The van der Waals surface area contributed by atoms with Crippen molar-refractivity contribution in [1.29, 1.82) is 0 Å². The van der Waals surface area contributed by atoms with Crippen LogP contribution in [0.5, 0.6) is 0 Å². The summed E-state index contributed by atoms with van der Waals surface area (Å²) in [6.07, 6.45) is 0.0883. The van der Waals surface area contributed by atoms with E-state index < -0.39 is 16.0 Å². The van der Waals surface area contributed by atoms with E-state index in [1.54, 1.807) is 19.1 Å². The van der Waals surface area contributed by atoms with Gasteiger partial charge in [0.05, 0.1) is 16.4 Å². The van der Waals surface area contributed by atoms with Crippen LogP contribution in [0.2, 0.25) is 0 Å². The summed E-state index contributed by atoms with van der Waals surface area (Å²) >= 11 is 1.21. The number of nitrogens with zero attached hydrogens (tertiary/aromatic N) is 3. The fourth-order valence-electron chi connectivity index (χ4n) is 2.54. The number of nitrogens with one attached hydrogen (secondary N) is 2. The van der Waals surface area contributed by atoms with Crippen molar-refractivity contribution in [3.63, 3.8) is 0 Å². The smallest absolute Gasteiger partial charge is 0.303 e. The highest BCUT2D eigenvalue weighted by Gasteiger charge is 2.14. The minimum atomic E-state index is -3.73. The van der Waals surface area contributed by atoms with E-state index in [4.69, 9.17) is 5.11 Å². The van der Waals surface area contributed by atoms with Crippen molar-refractivity contribution in [1.82, 2.24) is 20.1 Å². The molecule has 0 radical (unpaired) electrons. The standard InChI is InChI=1S/C20H25N5O5S2/c1-13-11-14(2)23-20(22-13)31-12-18(26)25-24-15(3)16-6-8-17(9-7-16)32(29,30)21-10-4-5-19(27)28/h6-9,11,21H,4-5,10,12H2,1-3H3,(H,25,26)(H,27,28). The molecule has 0 atom stereocenters. The van der Waals surface area contributed by atoms with Gasteiger partial charge in [-0.3, -0.25) is 9.59 Å². The van der Waals surface area contributed by atoms with Gasteiger partial charge in [-0.25, -0.2) is 28.5 Å². The molecule has 0 spiro atoms. The van der Waals surface area contributed by atoms with Gasteiger partial charge in [0.1, 0.15) is 0 Å². The number of hydrazone groups is 1. The maximum absolute atomic E-state index is 12.2. The quantitative estimate of drug-likeness (QED) is 0.145. The van der Waals surface area contributed by atoms with Crippen LogP contribution in [0.15, 0.2) is 45.5 Å². The van der Waals surface area contributed by atoms with Gasteiger partial charge < -0.3 is 5.11 Å². The highest BCUT2D eigenvalue weighted by molar-refractivity contribution is 7.99. The van der Waals surface area contributed by atoms with Gasteiger partial charge in [-0.05, 0) is 51.0 Å². The minimum Gasteiger partial charge on any atom is -0.481 e. The number of aromatic nitrogens is 2. The summed E-state index contributed by atoms with van der Waals surface area (Å²) in [6.45, 7) is 5.44. The average Bonchev–Trinajstić information content (AvgIpc) is 2.73. The number of hydrogen-bond donors (Lipinski definition) is 3. The van der Waals surface area contributed by atoms with Gasteiger partial charge in [0.15, 0.2) is 5.16 Å². The Morgan fingerprint density at radius 1 is 1.12 bits per heavy atom. The van der Waals surface area contributed by atoms with Gasteiger partial charge in [-0.2, -0.15) is 5.10 Å². The van der Waals surface area contributed by atoms with Crippen LogP contribution >= 0.6 is 11.8 Å². The number of carboxylic acid groups (broad SMARTS) is 1. The molecule has 2 rings (SSSR count). The Morgan fingerprint density at radius 3 is 2.34 bits per heavy atom. The second kappa shape index (κ2) is 11.7. The second-order valence-corrected chi connectivity index (χ2v) is 9.58. The van der Waals surface area contributed by atoms with E-state index in [1.165, 1.54) is 23.9 Å². The van der Waals surface area contributed by atoms with Crippen LogP contribution < -0.4 is 10.1 Å². The zero-order valence-corrected chi connectivity index (χ0v) is 19.6. The largest absolute Gasteiger partial charge is 0.481 e. The van der Waals surface area contributed by atoms with E-state index in [1.807, 2.05) is 19.9 Å². The fourth-order valence-corrected chi connectivity index (χ4v) is 4.35. The predicted octanol–water partition coefficient (Wildman–Crippen LogP) is 1.87. The van der Waals surface area contributed by atoms with E-state index in [-0.39, 0.29) is 35.9 Å². The first-order chi connectivity index (χ1) is 15.1. The zero-order chi connectivity index (χ0) is 23.7. The number of amides is 1. The summed E-state index contributed by atoms with van der Waals surface area (Å²) in [4.78, 5) is 31.1. The maximum Gasteiger partial charge on any atom is 0.303 e. The molecule has 1 amide bonds. The number of thioether (sulfide) groups is 1. The van der Waals surface area contributed by atoms with Crippen molar-refractivity contribution in [2.24, 2.45) is 5.10 Å². The lowest BCUT2D eigenvalue weighted by molar-refractivity contribution is -0.137. The highest BCUT2D eigenvalue weighted by Crippen LogP contribution is 2.14. The molecular weight excluding hydrogens is 454 g/mol. The van der Waals surface area contributed by atoms with Crippen molar-refractivity contribution in [3.8, 4) is 0 Å². The molecule has 0 unspecified atom stereocenters. The average molecular weight is 480 g/mol. The van der Waals surface area contributed by atoms with Gasteiger partial charge in [0.2, 0.25) is 10.0 Å². The van der Waals surface area contributed by atoms with Crippen LogP contribution in [0.25, 0.3) is 0 Å². The molecule has 3 N–H and O–H groups in total. The fraction of sp³-hybridized carbons (Fsp3) is 0.350. The Bertz CT molecular complexity index is 1080. The Morgan fingerprint density at radius 2 is 1.75 bits per heavy atom. The number of sulfonamides is 1. The van der Waals surface area contributed by atoms with Crippen LogP contribution in [0.1, 0.15) is 36.7 Å². The maximum atomic E-state index is 12.2. The van der Waals surface area contributed by atoms with Crippen LogP contribution in [-0.2, 0) is 19.6 Å². The van der Waals surface area contributed by atoms with E-state index in [2.05, 4.69) is 25.2 Å². The predicted molar refractivity (Wildman–Crippen MR) is 121 cm³/mol. The van der Waals surface area contributed by atoms with Crippen molar-refractivity contribution < 1.29 is 23.1 Å². The molecule has 0 saturated heterocycles. The van der Waals surface area contributed by atoms with Gasteiger partial charge >= 0.3 is 5.97 Å². The number of benzene rings is 1. The summed E-state index contributed by atoms with van der Waals surface area (Å²) in [7, 11) is -3.73. The Kier molecular flexibility index (Phi) is 9.29. The third-order valence-electron chi connectivity index (χ3n) is 4.08. The molecular formula is C20H25N5O5S2. The molecule has 0 aliphatic rings. The van der Waals surface area contributed by atoms with Crippen molar-refractivity contribution >= 4 is 39.4 Å². The summed E-state index contributed by atoms with van der Waals surface area (Å²) in [5.74, 6) is -1.20. The second-order valence-electron chi connectivity index (χ2n) is 6.87. The van der Waals surface area contributed by atoms with E-state index in [0.29, 0.717) is 16.4 Å². The summed E-state index contributed by atoms with van der Waals surface area (Å²) in [5.41, 5.74) is 5.26. The number of carbonyl (C=O) groups excluding carboxylic acids is 1. The number of aryl methyl sites for hydroxylation is 2. The summed E-state index contributed by atoms with van der Waals surface area (Å²) in [5, 5.41) is 13.2. The molecule has 1 aromatic heterocycles. The van der Waals surface area contributed by atoms with Crippen LogP contribution in [0, 0.1) is 13.8 Å². The lowest BCUT2D eigenvalue weighted by atomic mass is 10.1. The van der Waals surface area contributed by atoms with Crippen LogP contribution in [0.4, 0.5) is 0 Å². The van der Waals surface area contributed by atoms with Gasteiger partial charge in [0, 0.05) is 24.4 Å². The van der Waals surface area contributed by atoms with Crippen molar-refractivity contribution in [2.75, 3.05) is 12.3 Å².